The Hall–Kier alpha value is -2.84. The number of hydrogen-bond acceptors (Lipinski definition) is 7. The van der Waals surface area contributed by atoms with Crippen molar-refractivity contribution in [3.63, 3.8) is 0 Å². The molecule has 0 aliphatic carbocycles. The number of rotatable bonds is 5. The largest absolute Gasteiger partial charge is 0.467 e. The molecule has 1 rings (SSSR count). The Kier molecular flexibility index (Phi) is 7.78. The van der Waals surface area contributed by atoms with E-state index in [0.717, 1.165) is 0 Å². The molecule has 1 unspecified atom stereocenters. The molecule has 1 aromatic heterocycles. The first kappa shape index (κ1) is 23.2. The summed E-state index contributed by atoms with van der Waals surface area (Å²) in [6.07, 6.45) is 1.61. The maximum Gasteiger partial charge on any atom is 0.412 e. The SMILES string of the molecule is COC(=O)C(Cc1cnccc1NC(=O)OC(C)(C)C)NC(=O)OC(C)(C)C. The highest BCUT2D eigenvalue weighted by Gasteiger charge is 2.27. The average molecular weight is 395 g/mol. The third-order valence-corrected chi connectivity index (χ3v) is 3.14. The van der Waals surface area contributed by atoms with Crippen LogP contribution in [0.4, 0.5) is 15.3 Å². The van der Waals surface area contributed by atoms with E-state index in [1.165, 1.54) is 19.5 Å². The number of ether oxygens (including phenoxy) is 3. The van der Waals surface area contributed by atoms with Gasteiger partial charge in [0.15, 0.2) is 0 Å². The average Bonchev–Trinajstić information content (AvgIpc) is 2.51. The number of alkyl carbamates (subject to hydrolysis) is 1. The lowest BCUT2D eigenvalue weighted by Crippen LogP contribution is -2.45. The molecule has 0 aromatic carbocycles. The monoisotopic (exact) mass is 395 g/mol. The second kappa shape index (κ2) is 9.38. The first-order chi connectivity index (χ1) is 12.8. The topological polar surface area (TPSA) is 116 Å². The number of aromatic nitrogens is 1. The lowest BCUT2D eigenvalue weighted by atomic mass is 10.1. The van der Waals surface area contributed by atoms with E-state index in [0.29, 0.717) is 11.3 Å². The second-order valence-corrected chi connectivity index (χ2v) is 8.09. The molecule has 0 spiro atoms. The van der Waals surface area contributed by atoms with Gasteiger partial charge in [-0.1, -0.05) is 0 Å². The molecule has 0 aliphatic rings. The number of carbonyl (C=O) groups is 3. The van der Waals surface area contributed by atoms with Gasteiger partial charge < -0.3 is 19.5 Å². The summed E-state index contributed by atoms with van der Waals surface area (Å²) in [6, 6.07) is 0.546. The zero-order valence-corrected chi connectivity index (χ0v) is 17.4. The van der Waals surface area contributed by atoms with Crippen LogP contribution < -0.4 is 10.6 Å². The highest BCUT2D eigenvalue weighted by atomic mass is 16.6. The van der Waals surface area contributed by atoms with Gasteiger partial charge in [0.2, 0.25) is 0 Å². The molecule has 9 heteroatoms. The first-order valence-corrected chi connectivity index (χ1v) is 8.81. The summed E-state index contributed by atoms with van der Waals surface area (Å²) in [4.78, 5) is 40.2. The molecule has 9 nitrogen and oxygen atoms in total. The predicted octanol–water partition coefficient (Wildman–Crippen LogP) is 3.04. The highest BCUT2D eigenvalue weighted by molar-refractivity contribution is 5.86. The number of esters is 1. The van der Waals surface area contributed by atoms with E-state index in [-0.39, 0.29) is 6.42 Å². The number of methoxy groups -OCH3 is 1. The molecule has 156 valence electrons. The number of nitrogens with zero attached hydrogens (tertiary/aromatic N) is 1. The van der Waals surface area contributed by atoms with Crippen molar-refractivity contribution in [3.05, 3.63) is 24.0 Å². The van der Waals surface area contributed by atoms with Crippen LogP contribution in [-0.2, 0) is 25.4 Å². The van der Waals surface area contributed by atoms with Gasteiger partial charge in [0.1, 0.15) is 17.2 Å². The fraction of sp³-hybridized carbons (Fsp3) is 0.579. The van der Waals surface area contributed by atoms with Crippen molar-refractivity contribution >= 4 is 23.8 Å². The van der Waals surface area contributed by atoms with Crippen molar-refractivity contribution < 1.29 is 28.6 Å². The molecule has 2 N–H and O–H groups in total. The number of nitrogens with one attached hydrogen (secondary N) is 2. The number of pyridine rings is 1. The molecule has 28 heavy (non-hydrogen) atoms. The Morgan fingerprint density at radius 3 is 2.14 bits per heavy atom. The van der Waals surface area contributed by atoms with E-state index in [1.807, 2.05) is 0 Å². The van der Waals surface area contributed by atoms with Gasteiger partial charge in [-0.2, -0.15) is 0 Å². The molecule has 0 aliphatic heterocycles. The smallest absolute Gasteiger partial charge is 0.412 e. The summed E-state index contributed by atoms with van der Waals surface area (Å²) in [5.41, 5.74) is -0.462. The molecule has 1 aromatic rings. The number of anilines is 1. The Bertz CT molecular complexity index is 706. The fourth-order valence-corrected chi connectivity index (χ4v) is 2.13. The van der Waals surface area contributed by atoms with Gasteiger partial charge in [-0.05, 0) is 53.2 Å². The zero-order valence-electron chi connectivity index (χ0n) is 17.4. The van der Waals surface area contributed by atoms with Gasteiger partial charge >= 0.3 is 18.2 Å². The van der Waals surface area contributed by atoms with Crippen LogP contribution in [-0.4, -0.2) is 47.5 Å². The van der Waals surface area contributed by atoms with E-state index < -0.39 is 35.4 Å². The third-order valence-electron chi connectivity index (χ3n) is 3.14. The third kappa shape index (κ3) is 8.70. The summed E-state index contributed by atoms with van der Waals surface area (Å²) in [7, 11) is 1.22. The quantitative estimate of drug-likeness (QED) is 0.581. The van der Waals surface area contributed by atoms with Crippen LogP contribution in [0.3, 0.4) is 0 Å². The van der Waals surface area contributed by atoms with Crippen molar-refractivity contribution in [3.8, 4) is 0 Å². The predicted molar refractivity (Wildman–Crippen MR) is 103 cm³/mol. The summed E-state index contributed by atoms with van der Waals surface area (Å²) in [5.74, 6) is -0.655. The molecular formula is C19H29N3O6. The Morgan fingerprint density at radius 1 is 1.04 bits per heavy atom. The van der Waals surface area contributed by atoms with Crippen LogP contribution in [0.15, 0.2) is 18.5 Å². The summed E-state index contributed by atoms with van der Waals surface area (Å²) in [6.45, 7) is 10.4. The van der Waals surface area contributed by atoms with Crippen LogP contribution >= 0.6 is 0 Å². The van der Waals surface area contributed by atoms with Gasteiger partial charge in [0.25, 0.3) is 0 Å². The normalized spacial score (nSPS) is 12.5. The molecule has 1 atom stereocenters. The van der Waals surface area contributed by atoms with E-state index >= 15 is 0 Å². The number of carbonyl (C=O) groups excluding carboxylic acids is 3. The first-order valence-electron chi connectivity index (χ1n) is 8.81. The van der Waals surface area contributed by atoms with Crippen molar-refractivity contribution in [2.75, 3.05) is 12.4 Å². The standard InChI is InChI=1S/C19H29N3O6/c1-18(2,3)27-16(24)21-13-8-9-20-11-12(13)10-14(15(23)26-7)22-17(25)28-19(4,5)6/h8-9,11,14H,10H2,1-7H3,(H,22,25)(H,20,21,24). The molecule has 1 heterocycles. The van der Waals surface area contributed by atoms with E-state index in [1.54, 1.807) is 47.6 Å². The van der Waals surface area contributed by atoms with E-state index in [4.69, 9.17) is 14.2 Å². The van der Waals surface area contributed by atoms with Gasteiger partial charge in [0, 0.05) is 18.8 Å². The molecule has 0 saturated heterocycles. The number of hydrogen-bond donors (Lipinski definition) is 2. The number of amides is 2. The van der Waals surface area contributed by atoms with Crippen LogP contribution in [0.5, 0.6) is 0 Å². The maximum atomic E-state index is 12.1. The molecule has 0 saturated carbocycles. The molecule has 0 bridgehead atoms. The Balaban J connectivity index is 2.96. The maximum absolute atomic E-state index is 12.1. The highest BCUT2D eigenvalue weighted by Crippen LogP contribution is 2.18. The van der Waals surface area contributed by atoms with Crippen LogP contribution in [0, 0.1) is 0 Å². The fourth-order valence-electron chi connectivity index (χ4n) is 2.13. The Labute approximate surface area is 165 Å². The lowest BCUT2D eigenvalue weighted by molar-refractivity contribution is -0.143. The van der Waals surface area contributed by atoms with Gasteiger partial charge in [-0.25, -0.2) is 14.4 Å². The zero-order chi connectivity index (χ0) is 21.5. The van der Waals surface area contributed by atoms with Crippen molar-refractivity contribution in [2.45, 2.75) is 65.2 Å². The minimum atomic E-state index is -1.02. The minimum absolute atomic E-state index is 0.0326. The van der Waals surface area contributed by atoms with Crippen molar-refractivity contribution in [1.82, 2.24) is 10.3 Å². The lowest BCUT2D eigenvalue weighted by Gasteiger charge is -2.23. The van der Waals surface area contributed by atoms with E-state index in [9.17, 15) is 14.4 Å². The van der Waals surface area contributed by atoms with Crippen molar-refractivity contribution in [1.29, 1.82) is 0 Å². The van der Waals surface area contributed by atoms with Gasteiger partial charge in [-0.3, -0.25) is 10.3 Å². The van der Waals surface area contributed by atoms with Gasteiger partial charge in [-0.15, -0.1) is 0 Å². The molecular weight excluding hydrogens is 366 g/mol. The minimum Gasteiger partial charge on any atom is -0.467 e. The van der Waals surface area contributed by atoms with Crippen LogP contribution in [0.2, 0.25) is 0 Å². The Morgan fingerprint density at radius 2 is 1.61 bits per heavy atom. The molecule has 0 radical (unpaired) electrons. The molecule has 2 amide bonds. The van der Waals surface area contributed by atoms with E-state index in [2.05, 4.69) is 15.6 Å². The van der Waals surface area contributed by atoms with Gasteiger partial charge in [0.05, 0.1) is 12.8 Å². The van der Waals surface area contributed by atoms with Crippen LogP contribution in [0.25, 0.3) is 0 Å². The summed E-state index contributed by atoms with van der Waals surface area (Å²) < 4.78 is 15.2. The van der Waals surface area contributed by atoms with Crippen LogP contribution in [0.1, 0.15) is 47.1 Å². The molecule has 0 fully saturated rings. The van der Waals surface area contributed by atoms with Crippen molar-refractivity contribution in [2.24, 2.45) is 0 Å². The summed E-state index contributed by atoms with van der Waals surface area (Å²) >= 11 is 0. The second-order valence-electron chi connectivity index (χ2n) is 8.09. The summed E-state index contributed by atoms with van der Waals surface area (Å²) in [5, 5.41) is 5.11.